The SMILES string of the molecule is O=c1ccc(-n2cccn2)nn1C1COCC1Nc1nccs1. The molecular weight excluding hydrogens is 316 g/mol. The molecule has 4 heterocycles. The molecule has 2 unspecified atom stereocenters. The summed E-state index contributed by atoms with van der Waals surface area (Å²) in [6, 6.07) is 4.72. The van der Waals surface area contributed by atoms with E-state index >= 15 is 0 Å². The minimum absolute atomic E-state index is 0.0563. The summed E-state index contributed by atoms with van der Waals surface area (Å²) in [5, 5.41) is 14.6. The third kappa shape index (κ3) is 2.76. The van der Waals surface area contributed by atoms with E-state index in [0.29, 0.717) is 19.0 Å². The third-order valence-electron chi connectivity index (χ3n) is 3.66. The molecular formula is C14H14N6O2S. The van der Waals surface area contributed by atoms with Crippen LogP contribution in [0.1, 0.15) is 6.04 Å². The second-order valence-corrected chi connectivity index (χ2v) is 6.01. The summed E-state index contributed by atoms with van der Waals surface area (Å²) in [5.41, 5.74) is -0.164. The van der Waals surface area contributed by atoms with Gasteiger partial charge in [0.25, 0.3) is 5.56 Å². The van der Waals surface area contributed by atoms with E-state index in [2.05, 4.69) is 20.5 Å². The molecule has 1 aliphatic heterocycles. The van der Waals surface area contributed by atoms with Crippen molar-refractivity contribution in [1.82, 2.24) is 24.5 Å². The molecule has 3 aromatic rings. The van der Waals surface area contributed by atoms with Crippen LogP contribution in [-0.2, 0) is 4.74 Å². The molecule has 1 aliphatic rings. The molecule has 118 valence electrons. The van der Waals surface area contributed by atoms with Crippen LogP contribution < -0.4 is 10.9 Å². The number of nitrogens with zero attached hydrogens (tertiary/aromatic N) is 5. The van der Waals surface area contributed by atoms with Gasteiger partial charge in [-0.05, 0) is 12.1 Å². The predicted molar refractivity (Wildman–Crippen MR) is 85.0 cm³/mol. The first-order valence-electron chi connectivity index (χ1n) is 7.15. The Morgan fingerprint density at radius 3 is 3.04 bits per heavy atom. The quantitative estimate of drug-likeness (QED) is 0.766. The fourth-order valence-corrected chi connectivity index (χ4v) is 3.15. The normalized spacial score (nSPS) is 20.7. The molecule has 0 radical (unpaired) electrons. The van der Waals surface area contributed by atoms with Gasteiger partial charge in [0.15, 0.2) is 10.9 Å². The molecule has 9 heteroatoms. The Hall–Kier alpha value is -2.52. The van der Waals surface area contributed by atoms with E-state index in [-0.39, 0.29) is 17.6 Å². The Bertz CT molecular complexity index is 829. The smallest absolute Gasteiger partial charge is 0.267 e. The van der Waals surface area contributed by atoms with Gasteiger partial charge in [-0.25, -0.2) is 14.3 Å². The third-order valence-corrected chi connectivity index (χ3v) is 4.36. The van der Waals surface area contributed by atoms with Gasteiger partial charge >= 0.3 is 0 Å². The van der Waals surface area contributed by atoms with Gasteiger partial charge in [0.1, 0.15) is 6.04 Å². The van der Waals surface area contributed by atoms with Gasteiger partial charge in [-0.2, -0.15) is 5.10 Å². The zero-order valence-electron chi connectivity index (χ0n) is 12.1. The van der Waals surface area contributed by atoms with Gasteiger partial charge < -0.3 is 10.1 Å². The average molecular weight is 330 g/mol. The Morgan fingerprint density at radius 2 is 2.26 bits per heavy atom. The van der Waals surface area contributed by atoms with Crippen LogP contribution in [0.15, 0.2) is 47.0 Å². The summed E-state index contributed by atoms with van der Waals surface area (Å²) in [6.45, 7) is 0.933. The molecule has 0 bridgehead atoms. The van der Waals surface area contributed by atoms with Crippen LogP contribution in [-0.4, -0.2) is 43.8 Å². The van der Waals surface area contributed by atoms with E-state index in [9.17, 15) is 4.79 Å². The highest BCUT2D eigenvalue weighted by atomic mass is 32.1. The number of nitrogens with one attached hydrogen (secondary N) is 1. The van der Waals surface area contributed by atoms with Gasteiger partial charge in [-0.1, -0.05) is 0 Å². The van der Waals surface area contributed by atoms with Crippen molar-refractivity contribution in [3.63, 3.8) is 0 Å². The van der Waals surface area contributed by atoms with Crippen molar-refractivity contribution in [2.75, 3.05) is 18.5 Å². The maximum absolute atomic E-state index is 12.3. The maximum atomic E-state index is 12.3. The minimum Gasteiger partial charge on any atom is -0.377 e. The highest BCUT2D eigenvalue weighted by Gasteiger charge is 2.32. The fourth-order valence-electron chi connectivity index (χ4n) is 2.55. The molecule has 23 heavy (non-hydrogen) atoms. The standard InChI is InChI=1S/C14H14N6O2S/c21-13-3-2-12(19-6-1-4-16-19)18-20(13)11-9-22-8-10(11)17-14-15-5-7-23-14/h1-7,10-11H,8-9H2,(H,15,17). The monoisotopic (exact) mass is 330 g/mol. The number of ether oxygens (including phenoxy) is 1. The molecule has 0 spiro atoms. The Morgan fingerprint density at radius 1 is 1.30 bits per heavy atom. The summed E-state index contributed by atoms with van der Waals surface area (Å²) in [5.74, 6) is 0.592. The van der Waals surface area contributed by atoms with Crippen molar-refractivity contribution in [2.45, 2.75) is 12.1 Å². The van der Waals surface area contributed by atoms with Crippen molar-refractivity contribution < 1.29 is 4.74 Å². The number of hydrogen-bond donors (Lipinski definition) is 1. The molecule has 0 aliphatic carbocycles. The van der Waals surface area contributed by atoms with Crippen LogP contribution in [0.5, 0.6) is 0 Å². The van der Waals surface area contributed by atoms with E-state index in [1.54, 1.807) is 29.3 Å². The van der Waals surface area contributed by atoms with Crippen LogP contribution in [0.3, 0.4) is 0 Å². The van der Waals surface area contributed by atoms with Crippen molar-refractivity contribution in [2.24, 2.45) is 0 Å². The van der Waals surface area contributed by atoms with Gasteiger partial charge in [-0.15, -0.1) is 16.4 Å². The zero-order chi connectivity index (χ0) is 15.6. The molecule has 3 aromatic heterocycles. The summed E-state index contributed by atoms with van der Waals surface area (Å²) >= 11 is 1.51. The number of hydrogen-bond acceptors (Lipinski definition) is 7. The fraction of sp³-hybridized carbons (Fsp3) is 0.286. The Balaban J connectivity index is 1.66. The zero-order valence-corrected chi connectivity index (χ0v) is 12.9. The van der Waals surface area contributed by atoms with Gasteiger partial charge in [-0.3, -0.25) is 4.79 Å². The molecule has 0 aromatic carbocycles. The molecule has 8 nitrogen and oxygen atoms in total. The van der Waals surface area contributed by atoms with Crippen molar-refractivity contribution in [1.29, 1.82) is 0 Å². The highest BCUT2D eigenvalue weighted by Crippen LogP contribution is 2.23. The lowest BCUT2D eigenvalue weighted by atomic mass is 10.2. The number of aromatic nitrogens is 5. The highest BCUT2D eigenvalue weighted by molar-refractivity contribution is 7.13. The van der Waals surface area contributed by atoms with E-state index in [1.165, 1.54) is 22.1 Å². The number of rotatable bonds is 4. The lowest BCUT2D eigenvalue weighted by Gasteiger charge is -2.20. The first kappa shape index (κ1) is 14.1. The first-order valence-corrected chi connectivity index (χ1v) is 8.03. The minimum atomic E-state index is -0.193. The van der Waals surface area contributed by atoms with E-state index in [4.69, 9.17) is 4.74 Å². The van der Waals surface area contributed by atoms with E-state index in [0.717, 1.165) is 5.13 Å². The van der Waals surface area contributed by atoms with Crippen LogP contribution in [0, 0.1) is 0 Å². The first-order chi connectivity index (χ1) is 11.3. The summed E-state index contributed by atoms with van der Waals surface area (Å²) in [4.78, 5) is 16.5. The molecule has 4 rings (SSSR count). The van der Waals surface area contributed by atoms with Gasteiger partial charge in [0.05, 0.1) is 19.3 Å². The second kappa shape index (κ2) is 5.94. The van der Waals surface area contributed by atoms with Crippen LogP contribution in [0.4, 0.5) is 5.13 Å². The molecule has 1 fully saturated rings. The average Bonchev–Trinajstić information content (AvgIpc) is 3.31. The molecule has 1 N–H and O–H groups in total. The summed E-state index contributed by atoms with van der Waals surface area (Å²) < 4.78 is 8.64. The van der Waals surface area contributed by atoms with Crippen LogP contribution in [0.25, 0.3) is 5.82 Å². The van der Waals surface area contributed by atoms with E-state index in [1.807, 2.05) is 11.4 Å². The number of thiazole rings is 1. The van der Waals surface area contributed by atoms with Crippen LogP contribution >= 0.6 is 11.3 Å². The molecule has 0 saturated carbocycles. The molecule has 0 amide bonds. The van der Waals surface area contributed by atoms with Gasteiger partial charge in [0.2, 0.25) is 0 Å². The van der Waals surface area contributed by atoms with Crippen molar-refractivity contribution >= 4 is 16.5 Å². The Kier molecular flexibility index (Phi) is 3.64. The molecule has 2 atom stereocenters. The summed E-state index contributed by atoms with van der Waals surface area (Å²) in [6.07, 6.45) is 5.19. The molecule has 1 saturated heterocycles. The van der Waals surface area contributed by atoms with Gasteiger partial charge in [0, 0.05) is 30.0 Å². The topological polar surface area (TPSA) is 86.9 Å². The van der Waals surface area contributed by atoms with Crippen molar-refractivity contribution in [3.8, 4) is 5.82 Å². The summed E-state index contributed by atoms with van der Waals surface area (Å²) in [7, 11) is 0. The number of anilines is 1. The Labute approximate surface area is 135 Å². The lowest BCUT2D eigenvalue weighted by Crippen LogP contribution is -2.37. The second-order valence-electron chi connectivity index (χ2n) is 5.12. The lowest BCUT2D eigenvalue weighted by molar-refractivity contribution is 0.182. The van der Waals surface area contributed by atoms with Crippen molar-refractivity contribution in [3.05, 3.63) is 52.5 Å². The van der Waals surface area contributed by atoms with Crippen LogP contribution in [0.2, 0.25) is 0 Å². The van der Waals surface area contributed by atoms with E-state index < -0.39 is 0 Å². The largest absolute Gasteiger partial charge is 0.377 e. The predicted octanol–water partition coefficient (Wildman–Crippen LogP) is 0.937. The maximum Gasteiger partial charge on any atom is 0.267 e.